The van der Waals surface area contributed by atoms with Gasteiger partial charge in [0.1, 0.15) is 5.82 Å². The number of nitrogens with zero attached hydrogens (tertiary/aromatic N) is 2. The van der Waals surface area contributed by atoms with Gasteiger partial charge in [-0.25, -0.2) is 4.98 Å². The number of hydrogen-bond acceptors (Lipinski definition) is 3. The van der Waals surface area contributed by atoms with Gasteiger partial charge < -0.3 is 5.32 Å². The average Bonchev–Trinajstić information content (AvgIpc) is 2.64. The monoisotopic (exact) mass is 222 g/mol. The maximum Gasteiger partial charge on any atom is 0.153 e. The highest BCUT2D eigenvalue weighted by molar-refractivity contribution is 6.16. The minimum Gasteiger partial charge on any atom is -0.323 e. The van der Waals surface area contributed by atoms with Crippen LogP contribution in [0, 0.1) is 6.92 Å². The maximum absolute atomic E-state index is 5.69. The van der Waals surface area contributed by atoms with Crippen molar-refractivity contribution in [3.05, 3.63) is 35.7 Å². The summed E-state index contributed by atoms with van der Waals surface area (Å²) in [5.74, 6) is 1.92. The number of aromatic amines is 1. The number of aromatic nitrogens is 3. The summed E-state index contributed by atoms with van der Waals surface area (Å²) in [6.07, 6.45) is 0. The Morgan fingerprint density at radius 1 is 1.40 bits per heavy atom. The van der Waals surface area contributed by atoms with E-state index in [4.69, 9.17) is 11.6 Å². The van der Waals surface area contributed by atoms with Crippen molar-refractivity contribution in [2.24, 2.45) is 0 Å². The van der Waals surface area contributed by atoms with E-state index in [0.717, 1.165) is 23.0 Å². The van der Waals surface area contributed by atoms with Crippen LogP contribution in [0.3, 0.4) is 0 Å². The van der Waals surface area contributed by atoms with E-state index in [0.29, 0.717) is 5.88 Å². The van der Waals surface area contributed by atoms with E-state index in [1.54, 1.807) is 0 Å². The van der Waals surface area contributed by atoms with Crippen LogP contribution in [-0.2, 0) is 5.88 Å². The first-order valence-electron chi connectivity index (χ1n) is 4.59. The molecule has 0 aliphatic heterocycles. The molecule has 0 fully saturated rings. The zero-order valence-electron chi connectivity index (χ0n) is 8.29. The second-order valence-electron chi connectivity index (χ2n) is 3.21. The van der Waals surface area contributed by atoms with Crippen LogP contribution in [0.2, 0.25) is 0 Å². The van der Waals surface area contributed by atoms with Crippen molar-refractivity contribution < 1.29 is 0 Å². The number of pyridine rings is 1. The number of hydrogen-bond donors (Lipinski definition) is 2. The van der Waals surface area contributed by atoms with Crippen molar-refractivity contribution in [1.82, 2.24) is 15.2 Å². The third-order valence-electron chi connectivity index (χ3n) is 1.91. The van der Waals surface area contributed by atoms with Gasteiger partial charge in [0.2, 0.25) is 0 Å². The molecule has 0 saturated heterocycles. The molecule has 2 aromatic rings. The predicted molar refractivity (Wildman–Crippen MR) is 60.4 cm³/mol. The maximum atomic E-state index is 5.69. The number of halogens is 1. The molecule has 78 valence electrons. The quantitative estimate of drug-likeness (QED) is 0.785. The van der Waals surface area contributed by atoms with Crippen molar-refractivity contribution in [2.45, 2.75) is 12.8 Å². The number of H-pyrrole nitrogens is 1. The van der Waals surface area contributed by atoms with Gasteiger partial charge in [-0.05, 0) is 19.1 Å². The second kappa shape index (κ2) is 4.31. The molecule has 0 bridgehead atoms. The van der Waals surface area contributed by atoms with Crippen molar-refractivity contribution in [3.63, 3.8) is 0 Å². The fourth-order valence-electron chi connectivity index (χ4n) is 1.24. The van der Waals surface area contributed by atoms with Crippen molar-refractivity contribution in [3.8, 4) is 0 Å². The van der Waals surface area contributed by atoms with Crippen LogP contribution < -0.4 is 5.32 Å². The topological polar surface area (TPSA) is 53.6 Å². The van der Waals surface area contributed by atoms with E-state index in [9.17, 15) is 0 Å². The molecule has 0 radical (unpaired) electrons. The number of anilines is 2. The summed E-state index contributed by atoms with van der Waals surface area (Å²) < 4.78 is 0. The Labute approximate surface area is 92.7 Å². The van der Waals surface area contributed by atoms with Crippen LogP contribution in [0.1, 0.15) is 11.4 Å². The Morgan fingerprint density at radius 2 is 2.27 bits per heavy atom. The lowest BCUT2D eigenvalue weighted by Gasteiger charge is -2.02. The molecule has 0 aliphatic carbocycles. The molecule has 0 saturated carbocycles. The lowest BCUT2D eigenvalue weighted by atomic mass is 10.3. The molecule has 0 amide bonds. The molecule has 0 unspecified atom stereocenters. The molecule has 0 aromatic carbocycles. The fraction of sp³-hybridized carbons (Fsp3) is 0.200. The van der Waals surface area contributed by atoms with E-state index < -0.39 is 0 Å². The van der Waals surface area contributed by atoms with Crippen LogP contribution >= 0.6 is 11.6 Å². The molecule has 5 heteroatoms. The first-order valence-corrected chi connectivity index (χ1v) is 5.12. The van der Waals surface area contributed by atoms with Crippen LogP contribution in [0.4, 0.5) is 11.6 Å². The summed E-state index contributed by atoms with van der Waals surface area (Å²) in [4.78, 5) is 4.30. The Morgan fingerprint density at radius 3 is 2.93 bits per heavy atom. The number of nitrogens with one attached hydrogen (secondary N) is 2. The molecule has 0 aliphatic rings. The molecular formula is C10H11ClN4. The molecule has 2 aromatic heterocycles. The smallest absolute Gasteiger partial charge is 0.153 e. The molecule has 15 heavy (non-hydrogen) atoms. The van der Waals surface area contributed by atoms with E-state index in [-0.39, 0.29) is 0 Å². The lowest BCUT2D eigenvalue weighted by molar-refractivity contribution is 1.05. The van der Waals surface area contributed by atoms with Gasteiger partial charge in [-0.15, -0.1) is 11.6 Å². The van der Waals surface area contributed by atoms with Gasteiger partial charge in [0.25, 0.3) is 0 Å². The van der Waals surface area contributed by atoms with E-state index in [1.807, 2.05) is 31.2 Å². The minimum absolute atomic E-state index is 0.412. The Hall–Kier alpha value is -1.55. The van der Waals surface area contributed by atoms with Crippen molar-refractivity contribution in [2.75, 3.05) is 5.32 Å². The fourth-order valence-corrected chi connectivity index (χ4v) is 1.39. The van der Waals surface area contributed by atoms with Gasteiger partial charge in [0.05, 0.1) is 11.6 Å². The predicted octanol–water partition coefficient (Wildman–Crippen LogP) is 2.60. The third kappa shape index (κ3) is 2.47. The highest BCUT2D eigenvalue weighted by atomic mass is 35.5. The second-order valence-corrected chi connectivity index (χ2v) is 3.48. The Kier molecular flexibility index (Phi) is 2.87. The molecule has 2 rings (SSSR count). The van der Waals surface area contributed by atoms with Gasteiger partial charge >= 0.3 is 0 Å². The Balaban J connectivity index is 2.16. The van der Waals surface area contributed by atoms with Gasteiger partial charge in [0, 0.05) is 11.8 Å². The normalized spacial score (nSPS) is 10.3. The van der Waals surface area contributed by atoms with Crippen LogP contribution in [-0.4, -0.2) is 15.2 Å². The van der Waals surface area contributed by atoms with E-state index in [2.05, 4.69) is 20.5 Å². The molecular weight excluding hydrogens is 212 g/mol. The summed E-state index contributed by atoms with van der Waals surface area (Å²) in [6.45, 7) is 1.95. The van der Waals surface area contributed by atoms with Gasteiger partial charge in [-0.3, -0.25) is 5.10 Å². The molecule has 4 nitrogen and oxygen atoms in total. The molecule has 0 spiro atoms. The molecule has 2 heterocycles. The number of rotatable bonds is 3. The largest absolute Gasteiger partial charge is 0.323 e. The van der Waals surface area contributed by atoms with E-state index >= 15 is 0 Å². The van der Waals surface area contributed by atoms with E-state index in [1.165, 1.54) is 0 Å². The SMILES string of the molecule is Cc1cc(Nc2cccc(CCl)n2)n[nH]1. The zero-order chi connectivity index (χ0) is 10.7. The first kappa shape index (κ1) is 9.98. The average molecular weight is 223 g/mol. The van der Waals surface area contributed by atoms with Crippen molar-refractivity contribution >= 4 is 23.2 Å². The van der Waals surface area contributed by atoms with Crippen LogP contribution in [0.25, 0.3) is 0 Å². The highest BCUT2D eigenvalue weighted by Crippen LogP contribution is 2.13. The summed E-state index contributed by atoms with van der Waals surface area (Å²) >= 11 is 5.69. The molecule has 2 N–H and O–H groups in total. The number of aryl methyl sites for hydroxylation is 1. The Bertz CT molecular complexity index is 452. The highest BCUT2D eigenvalue weighted by Gasteiger charge is 2.00. The summed E-state index contributed by atoms with van der Waals surface area (Å²) in [5, 5.41) is 10.00. The summed E-state index contributed by atoms with van der Waals surface area (Å²) in [7, 11) is 0. The standard InChI is InChI=1S/C10H11ClN4/c1-7-5-10(15-14-7)13-9-4-2-3-8(6-11)12-9/h2-5H,6H2,1H3,(H2,12,13,14,15). The van der Waals surface area contributed by atoms with Crippen LogP contribution in [0.15, 0.2) is 24.3 Å². The van der Waals surface area contributed by atoms with Gasteiger partial charge in [0.15, 0.2) is 5.82 Å². The van der Waals surface area contributed by atoms with Crippen molar-refractivity contribution in [1.29, 1.82) is 0 Å². The van der Waals surface area contributed by atoms with Gasteiger partial charge in [-0.1, -0.05) is 6.07 Å². The lowest BCUT2D eigenvalue weighted by Crippen LogP contribution is -1.95. The zero-order valence-corrected chi connectivity index (χ0v) is 9.04. The first-order chi connectivity index (χ1) is 7.28. The van der Waals surface area contributed by atoms with Gasteiger partial charge in [-0.2, -0.15) is 5.10 Å². The number of alkyl halides is 1. The minimum atomic E-state index is 0.412. The summed E-state index contributed by atoms with van der Waals surface area (Å²) in [5.41, 5.74) is 1.85. The molecule has 0 atom stereocenters. The van der Waals surface area contributed by atoms with Crippen LogP contribution in [0.5, 0.6) is 0 Å². The third-order valence-corrected chi connectivity index (χ3v) is 2.18. The summed E-state index contributed by atoms with van der Waals surface area (Å²) in [6, 6.07) is 7.58.